The first kappa shape index (κ1) is 18.0. The van der Waals surface area contributed by atoms with Crippen LogP contribution >= 0.6 is 31.9 Å². The first-order valence-electron chi connectivity index (χ1n) is 6.53. The van der Waals surface area contributed by atoms with Gasteiger partial charge >= 0.3 is 12.0 Å². The van der Waals surface area contributed by atoms with Crippen LogP contribution in [0, 0.1) is 11.8 Å². The number of halogens is 2. The SMILES string of the molecule is CC(C)CC(CNC(=O)Nc1c(Br)cccc1Br)C(=O)O. The second kappa shape index (κ2) is 8.38. The molecule has 1 aromatic rings. The summed E-state index contributed by atoms with van der Waals surface area (Å²) in [6, 6.07) is 5.01. The molecule has 5 nitrogen and oxygen atoms in total. The molecule has 1 unspecified atom stereocenters. The molecule has 0 aliphatic rings. The Morgan fingerprint density at radius 1 is 1.24 bits per heavy atom. The van der Waals surface area contributed by atoms with Gasteiger partial charge in [-0.3, -0.25) is 4.79 Å². The fraction of sp³-hybridized carbons (Fsp3) is 0.429. The zero-order valence-electron chi connectivity index (χ0n) is 11.8. The van der Waals surface area contributed by atoms with Crippen LogP contribution in [0.3, 0.4) is 0 Å². The van der Waals surface area contributed by atoms with Gasteiger partial charge in [0, 0.05) is 15.5 Å². The predicted octanol–water partition coefficient (Wildman–Crippen LogP) is 4.08. The van der Waals surface area contributed by atoms with E-state index in [1.165, 1.54) is 0 Å². The molecule has 0 aromatic heterocycles. The minimum atomic E-state index is -0.897. The van der Waals surface area contributed by atoms with E-state index in [9.17, 15) is 9.59 Å². The predicted molar refractivity (Wildman–Crippen MR) is 89.4 cm³/mol. The molecule has 7 heteroatoms. The Morgan fingerprint density at radius 3 is 2.29 bits per heavy atom. The van der Waals surface area contributed by atoms with Crippen molar-refractivity contribution in [3.8, 4) is 0 Å². The second-order valence-electron chi connectivity index (χ2n) is 5.10. The first-order valence-corrected chi connectivity index (χ1v) is 8.11. The summed E-state index contributed by atoms with van der Waals surface area (Å²) in [5.41, 5.74) is 0.603. The van der Waals surface area contributed by atoms with Gasteiger partial charge < -0.3 is 15.7 Å². The first-order chi connectivity index (χ1) is 9.81. The van der Waals surface area contributed by atoms with Gasteiger partial charge in [0.1, 0.15) is 0 Å². The van der Waals surface area contributed by atoms with Crippen molar-refractivity contribution >= 4 is 49.5 Å². The van der Waals surface area contributed by atoms with Crippen LogP contribution in [0.15, 0.2) is 27.1 Å². The number of rotatable bonds is 6. The molecular formula is C14H18Br2N2O3. The van der Waals surface area contributed by atoms with Gasteiger partial charge in [0.2, 0.25) is 0 Å². The molecule has 116 valence electrons. The summed E-state index contributed by atoms with van der Waals surface area (Å²) in [7, 11) is 0. The molecule has 0 aliphatic carbocycles. The van der Waals surface area contributed by atoms with Gasteiger partial charge in [-0.2, -0.15) is 0 Å². The fourth-order valence-electron chi connectivity index (χ4n) is 1.83. The molecule has 1 rings (SSSR count). The number of hydrogen-bond donors (Lipinski definition) is 3. The number of para-hydroxylation sites is 1. The van der Waals surface area contributed by atoms with E-state index in [1.807, 2.05) is 19.9 Å². The number of carboxylic acids is 1. The molecule has 21 heavy (non-hydrogen) atoms. The molecule has 0 saturated carbocycles. The van der Waals surface area contributed by atoms with Crippen LogP contribution in [0.25, 0.3) is 0 Å². The topological polar surface area (TPSA) is 78.4 Å². The lowest BCUT2D eigenvalue weighted by Gasteiger charge is -2.16. The van der Waals surface area contributed by atoms with Crippen LogP contribution < -0.4 is 10.6 Å². The molecule has 0 spiro atoms. The van der Waals surface area contributed by atoms with Crippen molar-refractivity contribution in [1.29, 1.82) is 0 Å². The number of carboxylic acid groups (broad SMARTS) is 1. The number of aliphatic carboxylic acids is 1. The highest BCUT2D eigenvalue weighted by Crippen LogP contribution is 2.30. The zero-order valence-corrected chi connectivity index (χ0v) is 15.0. The lowest BCUT2D eigenvalue weighted by Crippen LogP contribution is -2.36. The minimum Gasteiger partial charge on any atom is -0.481 e. The average Bonchev–Trinajstić information content (AvgIpc) is 2.38. The monoisotopic (exact) mass is 420 g/mol. The van der Waals surface area contributed by atoms with Gasteiger partial charge in [-0.25, -0.2) is 4.79 Å². The van der Waals surface area contributed by atoms with Crippen LogP contribution in [0.5, 0.6) is 0 Å². The summed E-state index contributed by atoms with van der Waals surface area (Å²) in [4.78, 5) is 23.0. The number of amides is 2. The number of carbonyl (C=O) groups is 2. The van der Waals surface area contributed by atoms with Crippen LogP contribution in [0.4, 0.5) is 10.5 Å². The largest absolute Gasteiger partial charge is 0.481 e. The van der Waals surface area contributed by atoms with Crippen LogP contribution in [-0.2, 0) is 4.79 Å². The average molecular weight is 422 g/mol. The van der Waals surface area contributed by atoms with E-state index in [0.717, 1.165) is 8.95 Å². The van der Waals surface area contributed by atoms with Crippen molar-refractivity contribution in [3.05, 3.63) is 27.1 Å². The van der Waals surface area contributed by atoms with E-state index >= 15 is 0 Å². The molecular weight excluding hydrogens is 404 g/mol. The Bertz CT molecular complexity index is 501. The van der Waals surface area contributed by atoms with E-state index in [-0.39, 0.29) is 12.5 Å². The second-order valence-corrected chi connectivity index (χ2v) is 6.81. The van der Waals surface area contributed by atoms with E-state index in [1.54, 1.807) is 12.1 Å². The smallest absolute Gasteiger partial charge is 0.319 e. The van der Waals surface area contributed by atoms with Gasteiger partial charge in [0.25, 0.3) is 0 Å². The van der Waals surface area contributed by atoms with Crippen molar-refractivity contribution in [2.24, 2.45) is 11.8 Å². The summed E-state index contributed by atoms with van der Waals surface area (Å²) in [5, 5.41) is 14.4. The lowest BCUT2D eigenvalue weighted by atomic mass is 9.97. The summed E-state index contributed by atoms with van der Waals surface area (Å²) in [5.74, 6) is -1.22. The standard InChI is InChI=1S/C14H18Br2N2O3/c1-8(2)6-9(13(19)20)7-17-14(21)18-12-10(15)4-3-5-11(12)16/h3-5,8-9H,6-7H2,1-2H3,(H,19,20)(H2,17,18,21). The Balaban J connectivity index is 2.59. The van der Waals surface area contributed by atoms with Gasteiger partial charge in [-0.15, -0.1) is 0 Å². The number of carbonyl (C=O) groups excluding carboxylic acids is 1. The van der Waals surface area contributed by atoms with E-state index in [4.69, 9.17) is 5.11 Å². The van der Waals surface area contributed by atoms with Crippen molar-refractivity contribution in [2.45, 2.75) is 20.3 Å². The summed E-state index contributed by atoms with van der Waals surface area (Å²) in [6.45, 7) is 4.00. The van der Waals surface area contributed by atoms with Crippen molar-refractivity contribution in [3.63, 3.8) is 0 Å². The van der Waals surface area contributed by atoms with Crippen molar-refractivity contribution in [1.82, 2.24) is 5.32 Å². The molecule has 0 saturated heterocycles. The highest BCUT2D eigenvalue weighted by atomic mass is 79.9. The molecule has 0 aliphatic heterocycles. The van der Waals surface area contributed by atoms with E-state index in [2.05, 4.69) is 42.5 Å². The maximum absolute atomic E-state index is 11.9. The number of hydrogen-bond acceptors (Lipinski definition) is 2. The number of anilines is 1. The summed E-state index contributed by atoms with van der Waals surface area (Å²) >= 11 is 6.69. The third-order valence-electron chi connectivity index (χ3n) is 2.82. The Kier molecular flexibility index (Phi) is 7.17. The maximum atomic E-state index is 11.9. The zero-order chi connectivity index (χ0) is 16.0. The third-order valence-corrected chi connectivity index (χ3v) is 4.14. The molecule has 1 aromatic carbocycles. The molecule has 0 fully saturated rings. The quantitative estimate of drug-likeness (QED) is 0.647. The molecule has 1 atom stereocenters. The van der Waals surface area contributed by atoms with E-state index in [0.29, 0.717) is 12.1 Å². The number of benzene rings is 1. The Hall–Kier alpha value is -1.08. The number of urea groups is 1. The Labute approximate surface area is 140 Å². The molecule has 0 radical (unpaired) electrons. The van der Waals surface area contributed by atoms with E-state index < -0.39 is 17.9 Å². The van der Waals surface area contributed by atoms with Gasteiger partial charge in [0.05, 0.1) is 11.6 Å². The van der Waals surface area contributed by atoms with Gasteiger partial charge in [-0.05, 0) is 56.3 Å². The van der Waals surface area contributed by atoms with Crippen LogP contribution in [0.2, 0.25) is 0 Å². The number of nitrogens with one attached hydrogen (secondary N) is 2. The third kappa shape index (κ3) is 6.05. The fourth-order valence-corrected chi connectivity index (χ4v) is 3.03. The maximum Gasteiger partial charge on any atom is 0.319 e. The lowest BCUT2D eigenvalue weighted by molar-refractivity contribution is -0.142. The summed E-state index contributed by atoms with van der Waals surface area (Å²) in [6.07, 6.45) is 0.522. The van der Waals surface area contributed by atoms with Crippen molar-refractivity contribution < 1.29 is 14.7 Å². The highest BCUT2D eigenvalue weighted by molar-refractivity contribution is 9.11. The summed E-state index contributed by atoms with van der Waals surface area (Å²) < 4.78 is 1.48. The molecule has 3 N–H and O–H groups in total. The highest BCUT2D eigenvalue weighted by Gasteiger charge is 2.20. The van der Waals surface area contributed by atoms with Crippen LogP contribution in [-0.4, -0.2) is 23.7 Å². The minimum absolute atomic E-state index is 0.0986. The van der Waals surface area contributed by atoms with Gasteiger partial charge in [0.15, 0.2) is 0 Å². The molecule has 0 heterocycles. The normalized spacial score (nSPS) is 12.0. The molecule has 2 amide bonds. The van der Waals surface area contributed by atoms with Crippen molar-refractivity contribution in [2.75, 3.05) is 11.9 Å². The van der Waals surface area contributed by atoms with Crippen LogP contribution in [0.1, 0.15) is 20.3 Å². The van der Waals surface area contributed by atoms with Gasteiger partial charge in [-0.1, -0.05) is 19.9 Å². The molecule has 0 bridgehead atoms. The Morgan fingerprint density at radius 2 is 1.81 bits per heavy atom.